The van der Waals surface area contributed by atoms with E-state index < -0.39 is 5.41 Å². The molecule has 0 aliphatic heterocycles. The lowest BCUT2D eigenvalue weighted by atomic mass is 9.71. The number of ketones is 2. The molecular formula is C11H16O3. The summed E-state index contributed by atoms with van der Waals surface area (Å²) in [4.78, 5) is 22.8. The highest BCUT2D eigenvalue weighted by Gasteiger charge is 2.40. The molecule has 1 aliphatic rings. The molecule has 0 aromatic carbocycles. The Hall–Kier alpha value is -1.12. The number of hydrogen-bond acceptors (Lipinski definition) is 3. The van der Waals surface area contributed by atoms with Gasteiger partial charge in [-0.05, 0) is 13.3 Å². The number of aliphatic hydroxyl groups is 1. The first kappa shape index (κ1) is 11.0. The first-order valence-corrected chi connectivity index (χ1v) is 4.76. The molecule has 1 rings (SSSR count). The molecule has 0 aromatic heterocycles. The van der Waals surface area contributed by atoms with Gasteiger partial charge in [0.25, 0.3) is 0 Å². The summed E-state index contributed by atoms with van der Waals surface area (Å²) in [5.74, 6) is -0.797. The first-order chi connectivity index (χ1) is 6.27. The van der Waals surface area contributed by atoms with E-state index in [2.05, 4.69) is 0 Å². The zero-order valence-corrected chi connectivity index (χ0v) is 9.05. The molecule has 0 heterocycles. The van der Waals surface area contributed by atoms with Gasteiger partial charge in [-0.1, -0.05) is 20.8 Å². The second kappa shape index (κ2) is 3.23. The number of allylic oxidation sites excluding steroid dienone is 2. The molecule has 0 radical (unpaired) electrons. The molecule has 78 valence electrons. The molecule has 1 aliphatic carbocycles. The topological polar surface area (TPSA) is 54.4 Å². The lowest BCUT2D eigenvalue weighted by Gasteiger charge is -2.33. The minimum Gasteiger partial charge on any atom is -0.511 e. The van der Waals surface area contributed by atoms with Crippen LogP contribution in [0.2, 0.25) is 0 Å². The van der Waals surface area contributed by atoms with Crippen molar-refractivity contribution in [2.45, 2.75) is 34.1 Å². The van der Waals surface area contributed by atoms with Crippen molar-refractivity contribution >= 4 is 11.6 Å². The van der Waals surface area contributed by atoms with Crippen LogP contribution in [0.5, 0.6) is 0 Å². The maximum absolute atomic E-state index is 11.6. The van der Waals surface area contributed by atoms with E-state index in [-0.39, 0.29) is 28.8 Å². The molecule has 0 aromatic rings. The highest BCUT2D eigenvalue weighted by Crippen LogP contribution is 2.39. The predicted octanol–water partition coefficient (Wildman–Crippen LogP) is 2.02. The van der Waals surface area contributed by atoms with E-state index in [1.54, 1.807) is 6.92 Å². The highest BCUT2D eigenvalue weighted by atomic mass is 16.3. The van der Waals surface area contributed by atoms with Crippen molar-refractivity contribution in [1.82, 2.24) is 0 Å². The van der Waals surface area contributed by atoms with Gasteiger partial charge in [-0.15, -0.1) is 0 Å². The van der Waals surface area contributed by atoms with Crippen molar-refractivity contribution in [3.8, 4) is 0 Å². The predicted molar refractivity (Wildman–Crippen MR) is 52.9 cm³/mol. The van der Waals surface area contributed by atoms with Gasteiger partial charge in [0.2, 0.25) is 0 Å². The number of hydrogen-bond donors (Lipinski definition) is 1. The Morgan fingerprint density at radius 1 is 1.50 bits per heavy atom. The van der Waals surface area contributed by atoms with Crippen molar-refractivity contribution in [2.24, 2.45) is 11.3 Å². The van der Waals surface area contributed by atoms with Crippen molar-refractivity contribution in [1.29, 1.82) is 0 Å². The van der Waals surface area contributed by atoms with Crippen LogP contribution in [0.25, 0.3) is 0 Å². The molecule has 1 unspecified atom stereocenters. The Labute approximate surface area is 83.8 Å². The molecule has 1 atom stereocenters. The summed E-state index contributed by atoms with van der Waals surface area (Å²) in [6.45, 7) is 6.79. The second-order valence-corrected chi connectivity index (χ2v) is 4.63. The van der Waals surface area contributed by atoms with Gasteiger partial charge in [-0.3, -0.25) is 9.59 Å². The van der Waals surface area contributed by atoms with Crippen LogP contribution in [0, 0.1) is 11.3 Å². The Bertz CT molecular complexity index is 323. The fourth-order valence-corrected chi connectivity index (χ4v) is 2.00. The van der Waals surface area contributed by atoms with Gasteiger partial charge in [-0.25, -0.2) is 0 Å². The quantitative estimate of drug-likeness (QED) is 0.653. The van der Waals surface area contributed by atoms with E-state index >= 15 is 0 Å². The monoisotopic (exact) mass is 196 g/mol. The molecule has 1 N–H and O–H groups in total. The van der Waals surface area contributed by atoms with Crippen LogP contribution in [0.3, 0.4) is 0 Å². The zero-order chi connectivity index (χ0) is 11.1. The average Bonchev–Trinajstić information content (AvgIpc) is 2.00. The Balaban J connectivity index is 3.30. The zero-order valence-electron chi connectivity index (χ0n) is 9.05. The Morgan fingerprint density at radius 3 is 2.43 bits per heavy atom. The molecule has 3 nitrogen and oxygen atoms in total. The van der Waals surface area contributed by atoms with Crippen molar-refractivity contribution < 1.29 is 14.7 Å². The van der Waals surface area contributed by atoms with E-state index in [0.717, 1.165) is 0 Å². The molecule has 0 fully saturated rings. The molecule has 0 saturated carbocycles. The van der Waals surface area contributed by atoms with Gasteiger partial charge in [-0.2, -0.15) is 0 Å². The summed E-state index contributed by atoms with van der Waals surface area (Å²) < 4.78 is 0. The Morgan fingerprint density at radius 2 is 2.00 bits per heavy atom. The minimum absolute atomic E-state index is 0.00579. The van der Waals surface area contributed by atoms with E-state index in [0.29, 0.717) is 6.42 Å². The summed E-state index contributed by atoms with van der Waals surface area (Å²) >= 11 is 0. The molecule has 0 bridgehead atoms. The van der Waals surface area contributed by atoms with Crippen LogP contribution in [-0.4, -0.2) is 16.7 Å². The summed E-state index contributed by atoms with van der Waals surface area (Å²) in [7, 11) is 0. The normalized spacial score (nSPS) is 26.6. The van der Waals surface area contributed by atoms with Crippen LogP contribution < -0.4 is 0 Å². The number of aliphatic hydroxyl groups excluding tert-OH is 1. The molecule has 14 heavy (non-hydrogen) atoms. The van der Waals surface area contributed by atoms with Gasteiger partial charge >= 0.3 is 0 Å². The van der Waals surface area contributed by atoms with Crippen molar-refractivity contribution in [2.75, 3.05) is 0 Å². The maximum Gasteiger partial charge on any atom is 0.172 e. The number of carbonyl (C=O) groups is 2. The second-order valence-electron chi connectivity index (χ2n) is 4.63. The average molecular weight is 196 g/mol. The van der Waals surface area contributed by atoms with E-state index in [4.69, 9.17) is 0 Å². The lowest BCUT2D eigenvalue weighted by Crippen LogP contribution is -2.34. The van der Waals surface area contributed by atoms with Crippen LogP contribution in [0.15, 0.2) is 11.3 Å². The molecular weight excluding hydrogens is 180 g/mol. The lowest BCUT2D eigenvalue weighted by molar-refractivity contribution is -0.125. The third-order valence-corrected chi connectivity index (χ3v) is 2.74. The van der Waals surface area contributed by atoms with Crippen molar-refractivity contribution in [3.63, 3.8) is 0 Å². The summed E-state index contributed by atoms with van der Waals surface area (Å²) in [5, 5.41) is 9.79. The van der Waals surface area contributed by atoms with Crippen LogP contribution >= 0.6 is 0 Å². The maximum atomic E-state index is 11.6. The van der Waals surface area contributed by atoms with Crippen molar-refractivity contribution in [3.05, 3.63) is 11.3 Å². The third kappa shape index (κ3) is 1.59. The van der Waals surface area contributed by atoms with E-state index in [1.165, 1.54) is 6.92 Å². The molecule has 0 spiro atoms. The molecule has 0 saturated heterocycles. The number of rotatable bonds is 1. The van der Waals surface area contributed by atoms with E-state index in [9.17, 15) is 14.7 Å². The third-order valence-electron chi connectivity index (χ3n) is 2.74. The summed E-state index contributed by atoms with van der Waals surface area (Å²) in [6, 6.07) is 0. The largest absolute Gasteiger partial charge is 0.511 e. The first-order valence-electron chi connectivity index (χ1n) is 4.76. The van der Waals surface area contributed by atoms with Gasteiger partial charge in [0.15, 0.2) is 11.6 Å². The number of Topliss-reactive ketones (excluding diaryl/α,β-unsaturated/α-hetero) is 2. The van der Waals surface area contributed by atoms with Gasteiger partial charge < -0.3 is 5.11 Å². The van der Waals surface area contributed by atoms with Gasteiger partial charge in [0.1, 0.15) is 5.76 Å². The number of carbonyl (C=O) groups excluding carboxylic acids is 2. The summed E-state index contributed by atoms with van der Waals surface area (Å²) in [6.07, 6.45) is 0.592. The van der Waals surface area contributed by atoms with Crippen LogP contribution in [0.1, 0.15) is 34.1 Å². The highest BCUT2D eigenvalue weighted by molar-refractivity contribution is 6.20. The van der Waals surface area contributed by atoms with Crippen LogP contribution in [-0.2, 0) is 9.59 Å². The van der Waals surface area contributed by atoms with Gasteiger partial charge in [0.05, 0.1) is 5.57 Å². The standard InChI is InChI=1S/C11H16O3/c1-6-5-11(3,4)10(14)8(7(2)12)9(6)13/h6,14H,5H2,1-4H3. The molecule has 3 heteroatoms. The SMILES string of the molecule is CC(=O)C1=C(O)C(C)(C)CC(C)C1=O. The molecule has 0 amide bonds. The van der Waals surface area contributed by atoms with E-state index in [1.807, 2.05) is 13.8 Å². The fraction of sp³-hybridized carbons (Fsp3) is 0.636. The fourth-order valence-electron chi connectivity index (χ4n) is 2.00. The Kier molecular flexibility index (Phi) is 2.52. The smallest absolute Gasteiger partial charge is 0.172 e. The van der Waals surface area contributed by atoms with Crippen LogP contribution in [0.4, 0.5) is 0 Å². The van der Waals surface area contributed by atoms with Gasteiger partial charge in [0, 0.05) is 11.3 Å². The summed E-state index contributed by atoms with van der Waals surface area (Å²) in [5.41, 5.74) is -0.470. The minimum atomic E-state index is -0.464.